The lowest BCUT2D eigenvalue weighted by atomic mass is 10.3. The van der Waals surface area contributed by atoms with Crippen molar-refractivity contribution in [3.63, 3.8) is 0 Å². The van der Waals surface area contributed by atoms with Crippen LogP contribution in [0.4, 0.5) is 0 Å². The summed E-state index contributed by atoms with van der Waals surface area (Å²) in [6.07, 6.45) is -1.08. The molecule has 8 heteroatoms. The third-order valence-electron chi connectivity index (χ3n) is 1.11. The van der Waals surface area contributed by atoms with E-state index < -0.39 is 33.3 Å². The minimum Gasteiger partial charge on any atom is -0.481 e. The number of hydrogen-bond donors (Lipinski definition) is 3. The zero-order chi connectivity index (χ0) is 9.99. The lowest BCUT2D eigenvalue weighted by Crippen LogP contribution is -2.42. The van der Waals surface area contributed by atoms with E-state index in [4.69, 9.17) is 27.0 Å². The van der Waals surface area contributed by atoms with Crippen LogP contribution >= 0.6 is 11.6 Å². The van der Waals surface area contributed by atoms with Crippen LogP contribution in [0.5, 0.6) is 0 Å². The van der Waals surface area contributed by atoms with Gasteiger partial charge in [0.15, 0.2) is 0 Å². The average Bonchev–Trinajstić information content (AvgIpc) is 1.81. The van der Waals surface area contributed by atoms with Crippen LogP contribution in [0.15, 0.2) is 0 Å². The molecule has 72 valence electrons. The highest BCUT2D eigenvalue weighted by Gasteiger charge is 2.36. The lowest BCUT2D eigenvalue weighted by molar-refractivity contribution is -0.137. The summed E-state index contributed by atoms with van der Waals surface area (Å²) in [6, 6.07) is 0. The van der Waals surface area contributed by atoms with Gasteiger partial charge in [0.25, 0.3) is 10.1 Å². The fourth-order valence-corrected chi connectivity index (χ4v) is 0.861. The summed E-state index contributed by atoms with van der Waals surface area (Å²) in [7, 11) is -4.62. The smallest absolute Gasteiger partial charge is 0.303 e. The minimum atomic E-state index is -4.62. The molecule has 0 aliphatic heterocycles. The van der Waals surface area contributed by atoms with E-state index in [9.17, 15) is 13.2 Å². The molecule has 0 bridgehead atoms. The number of alkyl halides is 1. The Morgan fingerprint density at radius 2 is 2.00 bits per heavy atom. The molecule has 1 atom stereocenters. The van der Waals surface area contributed by atoms with E-state index in [0.717, 1.165) is 0 Å². The average molecular weight is 218 g/mol. The number of halogens is 1. The van der Waals surface area contributed by atoms with Gasteiger partial charge in [-0.3, -0.25) is 15.1 Å². The Balaban J connectivity index is 4.35. The van der Waals surface area contributed by atoms with Gasteiger partial charge < -0.3 is 5.11 Å². The van der Waals surface area contributed by atoms with Gasteiger partial charge in [0, 0.05) is 12.8 Å². The normalized spacial score (nSPS) is 16.9. The Bertz CT molecular complexity index is 271. The van der Waals surface area contributed by atoms with Gasteiger partial charge in [0.05, 0.1) is 0 Å². The first-order valence-corrected chi connectivity index (χ1v) is 4.65. The highest BCUT2D eigenvalue weighted by atomic mass is 35.5. The molecule has 0 aliphatic rings. The third kappa shape index (κ3) is 3.35. The highest BCUT2D eigenvalue weighted by molar-refractivity contribution is 7.88. The number of nitrogens with two attached hydrogens (primary N) is 1. The van der Waals surface area contributed by atoms with Gasteiger partial charge in [0.2, 0.25) is 4.33 Å². The summed E-state index contributed by atoms with van der Waals surface area (Å²) >= 11 is 5.13. The number of aliphatic carboxylic acids is 1. The monoisotopic (exact) mass is 217 g/mol. The molecular weight excluding hydrogens is 210 g/mol. The maximum absolute atomic E-state index is 10.4. The molecule has 0 saturated heterocycles. The third-order valence-corrected chi connectivity index (χ3v) is 2.94. The predicted molar refractivity (Wildman–Crippen MR) is 41.2 cm³/mol. The predicted octanol–water partition coefficient (Wildman–Crippen LogP) is -0.410. The molecule has 0 rings (SSSR count). The molecule has 1 unspecified atom stereocenters. The molecule has 4 N–H and O–H groups in total. The van der Waals surface area contributed by atoms with Crippen LogP contribution < -0.4 is 5.73 Å². The molecule has 6 nitrogen and oxygen atoms in total. The summed E-state index contributed by atoms with van der Waals surface area (Å²) in [6.45, 7) is 0. The molecule has 0 amide bonds. The van der Waals surface area contributed by atoms with Gasteiger partial charge in [-0.2, -0.15) is 8.42 Å². The van der Waals surface area contributed by atoms with Crippen LogP contribution in [0.2, 0.25) is 0 Å². The highest BCUT2D eigenvalue weighted by Crippen LogP contribution is 2.20. The molecule has 12 heavy (non-hydrogen) atoms. The number of carboxylic acids is 1. The van der Waals surface area contributed by atoms with Gasteiger partial charge in [0.1, 0.15) is 0 Å². The second kappa shape index (κ2) is 3.56. The molecular formula is C4H8ClNO5S. The van der Waals surface area contributed by atoms with Crippen molar-refractivity contribution < 1.29 is 22.9 Å². The summed E-state index contributed by atoms with van der Waals surface area (Å²) in [5.41, 5.74) is 4.91. The Morgan fingerprint density at radius 1 is 1.58 bits per heavy atom. The van der Waals surface area contributed by atoms with E-state index >= 15 is 0 Å². The number of carboxylic acid groups (broad SMARTS) is 1. The Morgan fingerprint density at radius 3 is 2.25 bits per heavy atom. The molecule has 0 aromatic rings. The Labute approximate surface area is 74.1 Å². The first kappa shape index (κ1) is 11.6. The van der Waals surface area contributed by atoms with Crippen molar-refractivity contribution >= 4 is 27.7 Å². The van der Waals surface area contributed by atoms with Gasteiger partial charge in [-0.25, -0.2) is 0 Å². The van der Waals surface area contributed by atoms with Crippen molar-refractivity contribution in [3.05, 3.63) is 0 Å². The molecule has 0 spiro atoms. The van der Waals surface area contributed by atoms with Gasteiger partial charge in [-0.1, -0.05) is 11.6 Å². The fourth-order valence-electron chi connectivity index (χ4n) is 0.406. The van der Waals surface area contributed by atoms with Gasteiger partial charge in [-0.15, -0.1) is 0 Å². The second-order valence-electron chi connectivity index (χ2n) is 2.16. The van der Waals surface area contributed by atoms with Crippen LogP contribution in [-0.4, -0.2) is 28.4 Å². The van der Waals surface area contributed by atoms with Crippen LogP contribution in [-0.2, 0) is 14.9 Å². The largest absolute Gasteiger partial charge is 0.481 e. The van der Waals surface area contributed by atoms with Crippen molar-refractivity contribution in [2.75, 3.05) is 0 Å². The zero-order valence-corrected chi connectivity index (χ0v) is 7.47. The second-order valence-corrected chi connectivity index (χ2v) is 4.73. The summed E-state index contributed by atoms with van der Waals surface area (Å²) in [4.78, 5) is 9.98. The number of rotatable bonds is 4. The van der Waals surface area contributed by atoms with Crippen molar-refractivity contribution in [1.82, 2.24) is 0 Å². The first-order valence-electron chi connectivity index (χ1n) is 2.83. The van der Waals surface area contributed by atoms with E-state index in [2.05, 4.69) is 0 Å². The molecule has 0 aliphatic carbocycles. The molecule has 0 radical (unpaired) electrons. The molecule has 0 aromatic carbocycles. The van der Waals surface area contributed by atoms with Crippen LogP contribution in [0.3, 0.4) is 0 Å². The van der Waals surface area contributed by atoms with E-state index in [1.165, 1.54) is 0 Å². The topological polar surface area (TPSA) is 118 Å². The number of carbonyl (C=O) groups is 1. The Kier molecular flexibility index (Phi) is 3.45. The SMILES string of the molecule is NC(Cl)(CCC(=O)O)S(=O)(=O)O. The van der Waals surface area contributed by atoms with Crippen LogP contribution in [0.25, 0.3) is 0 Å². The van der Waals surface area contributed by atoms with Crippen molar-refractivity contribution in [2.45, 2.75) is 17.2 Å². The van der Waals surface area contributed by atoms with Crippen molar-refractivity contribution in [3.8, 4) is 0 Å². The minimum absolute atomic E-state index is 0.528. The van der Waals surface area contributed by atoms with E-state index in [1.807, 2.05) is 0 Å². The molecule has 0 aromatic heterocycles. The quantitative estimate of drug-likeness (QED) is 0.335. The van der Waals surface area contributed by atoms with E-state index in [-0.39, 0.29) is 0 Å². The van der Waals surface area contributed by atoms with E-state index in [0.29, 0.717) is 0 Å². The summed E-state index contributed by atoms with van der Waals surface area (Å²) in [5.74, 6) is -1.24. The fraction of sp³-hybridized carbons (Fsp3) is 0.750. The molecule has 0 fully saturated rings. The maximum atomic E-state index is 10.4. The lowest BCUT2D eigenvalue weighted by Gasteiger charge is -2.16. The summed E-state index contributed by atoms with van der Waals surface area (Å²) < 4.78 is 26.7. The van der Waals surface area contributed by atoms with Gasteiger partial charge >= 0.3 is 5.97 Å². The van der Waals surface area contributed by atoms with E-state index in [1.54, 1.807) is 0 Å². The first-order chi connectivity index (χ1) is 5.17. The number of hydrogen-bond acceptors (Lipinski definition) is 4. The van der Waals surface area contributed by atoms with Crippen molar-refractivity contribution in [1.29, 1.82) is 0 Å². The summed E-state index contributed by atoms with van der Waals surface area (Å²) in [5, 5.41) is 8.15. The van der Waals surface area contributed by atoms with Crippen molar-refractivity contribution in [2.24, 2.45) is 5.73 Å². The van der Waals surface area contributed by atoms with Crippen LogP contribution in [0, 0.1) is 0 Å². The standard InChI is InChI=1S/C4H8ClNO5S/c5-4(6,12(9,10)11)2-1-3(7)8/h1-2,6H2,(H,7,8)(H,9,10,11). The van der Waals surface area contributed by atoms with Crippen LogP contribution in [0.1, 0.15) is 12.8 Å². The molecule has 0 heterocycles. The maximum Gasteiger partial charge on any atom is 0.303 e. The Hall–Kier alpha value is -0.370. The molecule has 0 saturated carbocycles. The van der Waals surface area contributed by atoms with Gasteiger partial charge in [-0.05, 0) is 0 Å². The zero-order valence-electron chi connectivity index (χ0n) is 5.90.